The molecule has 1 aromatic carbocycles. The lowest BCUT2D eigenvalue weighted by atomic mass is 10.1. The summed E-state index contributed by atoms with van der Waals surface area (Å²) >= 11 is 2.17. The molecule has 0 aliphatic heterocycles. The lowest BCUT2D eigenvalue weighted by molar-refractivity contribution is -0.142. The van der Waals surface area contributed by atoms with E-state index in [0.717, 1.165) is 9.13 Å². The summed E-state index contributed by atoms with van der Waals surface area (Å²) < 4.78 is 1.05. The Hall–Kier alpha value is -1.11. The second-order valence-electron chi connectivity index (χ2n) is 4.39. The Bertz CT molecular complexity index is 446. The van der Waals surface area contributed by atoms with Gasteiger partial charge in [0, 0.05) is 15.9 Å². The number of benzene rings is 1. The van der Waals surface area contributed by atoms with Crippen molar-refractivity contribution >= 4 is 34.5 Å². The van der Waals surface area contributed by atoms with Crippen LogP contribution >= 0.6 is 22.6 Å². The number of aliphatic carboxylic acids is 1. The van der Waals surface area contributed by atoms with Crippen LogP contribution in [0, 0.1) is 9.49 Å². The molecule has 1 aromatic rings. The predicted octanol–water partition coefficient (Wildman–Crippen LogP) is 2.06. The van der Waals surface area contributed by atoms with Crippen molar-refractivity contribution in [2.75, 3.05) is 0 Å². The third-order valence-electron chi connectivity index (χ3n) is 2.47. The van der Waals surface area contributed by atoms with E-state index < -0.39 is 12.0 Å². The first kappa shape index (κ1) is 14.9. The van der Waals surface area contributed by atoms with E-state index in [0.29, 0.717) is 6.42 Å². The lowest BCUT2D eigenvalue weighted by Crippen LogP contribution is -2.44. The molecule has 0 spiro atoms. The number of hydrogen-bond donors (Lipinski definition) is 2. The summed E-state index contributed by atoms with van der Waals surface area (Å²) in [5, 5.41) is 11.7. The summed E-state index contributed by atoms with van der Waals surface area (Å²) in [5.41, 5.74) is 0.901. The molecule has 5 heteroatoms. The van der Waals surface area contributed by atoms with Crippen molar-refractivity contribution in [2.24, 2.45) is 5.92 Å². The van der Waals surface area contributed by atoms with Gasteiger partial charge in [-0.2, -0.15) is 0 Å². The van der Waals surface area contributed by atoms with Crippen molar-refractivity contribution in [3.63, 3.8) is 0 Å². The number of hydrogen-bond acceptors (Lipinski definition) is 2. The van der Waals surface area contributed by atoms with Crippen molar-refractivity contribution in [1.29, 1.82) is 0 Å². The molecule has 0 unspecified atom stereocenters. The molecule has 1 amide bonds. The van der Waals surface area contributed by atoms with Crippen molar-refractivity contribution < 1.29 is 14.7 Å². The van der Waals surface area contributed by atoms with Gasteiger partial charge >= 0.3 is 5.97 Å². The van der Waals surface area contributed by atoms with E-state index in [1.165, 1.54) is 0 Å². The van der Waals surface area contributed by atoms with Gasteiger partial charge in [0.1, 0.15) is 6.04 Å². The fourth-order valence-electron chi connectivity index (χ4n) is 1.44. The Morgan fingerprint density at radius 1 is 1.39 bits per heavy atom. The number of carbonyl (C=O) groups excluding carboxylic acids is 1. The van der Waals surface area contributed by atoms with Gasteiger partial charge in [-0.25, -0.2) is 4.79 Å². The number of carboxylic acids is 1. The zero-order valence-electron chi connectivity index (χ0n) is 10.3. The molecule has 0 aromatic heterocycles. The largest absolute Gasteiger partial charge is 0.480 e. The summed E-state index contributed by atoms with van der Waals surface area (Å²) in [7, 11) is 0. The molecule has 98 valence electrons. The van der Waals surface area contributed by atoms with Gasteiger partial charge in [0.25, 0.3) is 0 Å². The van der Waals surface area contributed by atoms with Crippen LogP contribution in [0.3, 0.4) is 0 Å². The molecule has 0 aliphatic carbocycles. The summed E-state index contributed by atoms with van der Waals surface area (Å²) in [6, 6.07) is 6.71. The zero-order chi connectivity index (χ0) is 13.7. The maximum atomic E-state index is 11.5. The molecule has 1 atom stereocenters. The Morgan fingerprint density at radius 2 is 2.06 bits per heavy atom. The molecule has 18 heavy (non-hydrogen) atoms. The SMILES string of the molecule is CC(C)C(=O)N[C@@H](Cc1cccc(I)c1)C(=O)O. The standard InChI is InChI=1S/C13H16INO3/c1-8(2)12(16)15-11(13(17)18)7-9-4-3-5-10(14)6-9/h3-6,8,11H,7H2,1-2H3,(H,15,16)(H,17,18)/t11-/m0/s1. The topological polar surface area (TPSA) is 66.4 Å². The number of carbonyl (C=O) groups is 2. The lowest BCUT2D eigenvalue weighted by Gasteiger charge is -2.16. The fraction of sp³-hybridized carbons (Fsp3) is 0.385. The van der Waals surface area contributed by atoms with Crippen LogP contribution in [0.4, 0.5) is 0 Å². The van der Waals surface area contributed by atoms with Crippen molar-refractivity contribution in [3.05, 3.63) is 33.4 Å². The van der Waals surface area contributed by atoms with Crippen LogP contribution in [-0.4, -0.2) is 23.0 Å². The third-order valence-corrected chi connectivity index (χ3v) is 3.14. The molecular formula is C13H16INO3. The summed E-state index contributed by atoms with van der Waals surface area (Å²) in [4.78, 5) is 22.7. The van der Waals surface area contributed by atoms with Gasteiger partial charge in [-0.3, -0.25) is 4.79 Å². The van der Waals surface area contributed by atoms with Gasteiger partial charge < -0.3 is 10.4 Å². The number of nitrogens with one attached hydrogen (secondary N) is 1. The third kappa shape index (κ3) is 4.64. The molecular weight excluding hydrogens is 345 g/mol. The van der Waals surface area contributed by atoms with Gasteiger partial charge in [-0.05, 0) is 40.3 Å². The van der Waals surface area contributed by atoms with E-state index in [1.54, 1.807) is 13.8 Å². The highest BCUT2D eigenvalue weighted by molar-refractivity contribution is 14.1. The molecule has 0 saturated carbocycles. The van der Waals surface area contributed by atoms with E-state index in [1.807, 2.05) is 24.3 Å². The zero-order valence-corrected chi connectivity index (χ0v) is 12.5. The molecule has 2 N–H and O–H groups in total. The number of carboxylic acid groups (broad SMARTS) is 1. The van der Waals surface area contributed by atoms with Crippen LogP contribution in [0.25, 0.3) is 0 Å². The first-order valence-corrected chi connectivity index (χ1v) is 6.75. The minimum atomic E-state index is -1.01. The molecule has 0 radical (unpaired) electrons. The van der Waals surface area contributed by atoms with Gasteiger partial charge in [0.05, 0.1) is 0 Å². The van der Waals surface area contributed by atoms with Crippen LogP contribution in [0.2, 0.25) is 0 Å². The van der Waals surface area contributed by atoms with Crippen LogP contribution in [-0.2, 0) is 16.0 Å². The van der Waals surface area contributed by atoms with Gasteiger partial charge in [-0.1, -0.05) is 26.0 Å². The molecule has 0 bridgehead atoms. The Kier molecular flexibility index (Phi) is 5.58. The van der Waals surface area contributed by atoms with E-state index in [2.05, 4.69) is 27.9 Å². The number of amides is 1. The normalized spacial score (nSPS) is 12.2. The second-order valence-corrected chi connectivity index (χ2v) is 5.63. The highest BCUT2D eigenvalue weighted by atomic mass is 127. The average molecular weight is 361 g/mol. The predicted molar refractivity (Wildman–Crippen MR) is 77.3 cm³/mol. The molecule has 0 saturated heterocycles. The minimum Gasteiger partial charge on any atom is -0.480 e. The van der Waals surface area contributed by atoms with Crippen molar-refractivity contribution in [2.45, 2.75) is 26.3 Å². The summed E-state index contributed by atoms with van der Waals surface area (Å²) in [6.45, 7) is 3.47. The first-order valence-electron chi connectivity index (χ1n) is 5.67. The van der Waals surface area contributed by atoms with Crippen molar-refractivity contribution in [1.82, 2.24) is 5.32 Å². The number of rotatable bonds is 5. The number of halogens is 1. The Balaban J connectivity index is 2.75. The first-order chi connectivity index (χ1) is 8.40. The maximum Gasteiger partial charge on any atom is 0.326 e. The molecule has 0 fully saturated rings. The second kappa shape index (κ2) is 6.72. The monoisotopic (exact) mass is 361 g/mol. The van der Waals surface area contributed by atoms with Gasteiger partial charge in [-0.15, -0.1) is 0 Å². The Labute approximate surface area is 120 Å². The van der Waals surface area contributed by atoms with E-state index in [-0.39, 0.29) is 11.8 Å². The Morgan fingerprint density at radius 3 is 2.56 bits per heavy atom. The quantitative estimate of drug-likeness (QED) is 0.789. The van der Waals surface area contributed by atoms with E-state index in [9.17, 15) is 9.59 Å². The van der Waals surface area contributed by atoms with Gasteiger partial charge in [0.2, 0.25) is 5.91 Å². The van der Waals surface area contributed by atoms with E-state index >= 15 is 0 Å². The molecule has 0 heterocycles. The van der Waals surface area contributed by atoms with Gasteiger partial charge in [0.15, 0.2) is 0 Å². The minimum absolute atomic E-state index is 0.220. The highest BCUT2D eigenvalue weighted by Crippen LogP contribution is 2.10. The van der Waals surface area contributed by atoms with E-state index in [4.69, 9.17) is 5.11 Å². The summed E-state index contributed by atoms with van der Waals surface area (Å²) in [6.07, 6.45) is 0.296. The van der Waals surface area contributed by atoms with Crippen LogP contribution in [0.5, 0.6) is 0 Å². The smallest absolute Gasteiger partial charge is 0.326 e. The average Bonchev–Trinajstić information content (AvgIpc) is 2.27. The highest BCUT2D eigenvalue weighted by Gasteiger charge is 2.21. The molecule has 0 aliphatic rings. The van der Waals surface area contributed by atoms with Crippen LogP contribution < -0.4 is 5.32 Å². The van der Waals surface area contributed by atoms with Crippen LogP contribution in [0.15, 0.2) is 24.3 Å². The molecule has 4 nitrogen and oxygen atoms in total. The molecule has 1 rings (SSSR count). The maximum absolute atomic E-state index is 11.5. The fourth-order valence-corrected chi connectivity index (χ4v) is 2.05. The van der Waals surface area contributed by atoms with Crippen molar-refractivity contribution in [3.8, 4) is 0 Å². The summed E-state index contributed by atoms with van der Waals surface area (Å²) in [5.74, 6) is -1.47. The van der Waals surface area contributed by atoms with Crippen LogP contribution in [0.1, 0.15) is 19.4 Å².